The first-order valence-corrected chi connectivity index (χ1v) is 6.66. The summed E-state index contributed by atoms with van der Waals surface area (Å²) in [6, 6.07) is 4.17. The zero-order valence-electron chi connectivity index (χ0n) is 10.2. The highest BCUT2D eigenvalue weighted by Gasteiger charge is 2.41. The van der Waals surface area contributed by atoms with E-state index in [0.29, 0.717) is 6.54 Å². The SMILES string of the molecule is OC1(C2CCCc3cccnc32)CCCNC1. The Morgan fingerprint density at radius 3 is 3.18 bits per heavy atom. The quantitative estimate of drug-likeness (QED) is 0.773. The summed E-state index contributed by atoms with van der Waals surface area (Å²) in [7, 11) is 0. The van der Waals surface area contributed by atoms with Crippen molar-refractivity contribution >= 4 is 0 Å². The van der Waals surface area contributed by atoms with Gasteiger partial charge in [0.25, 0.3) is 0 Å². The van der Waals surface area contributed by atoms with Gasteiger partial charge >= 0.3 is 0 Å². The molecule has 92 valence electrons. The third-order valence-electron chi connectivity index (χ3n) is 4.24. The van der Waals surface area contributed by atoms with E-state index in [1.165, 1.54) is 12.0 Å². The second kappa shape index (κ2) is 4.39. The fraction of sp³-hybridized carbons (Fsp3) is 0.643. The molecule has 3 rings (SSSR count). The first-order chi connectivity index (χ1) is 8.30. The van der Waals surface area contributed by atoms with Gasteiger partial charge in [0.15, 0.2) is 0 Å². The molecule has 0 radical (unpaired) electrons. The molecule has 0 spiro atoms. The minimum Gasteiger partial charge on any atom is -0.388 e. The van der Waals surface area contributed by atoms with Crippen LogP contribution in [0.5, 0.6) is 0 Å². The third kappa shape index (κ3) is 1.98. The number of piperidine rings is 1. The van der Waals surface area contributed by atoms with E-state index in [2.05, 4.69) is 16.4 Å². The smallest absolute Gasteiger partial charge is 0.0855 e. The topological polar surface area (TPSA) is 45.2 Å². The van der Waals surface area contributed by atoms with Crippen molar-refractivity contribution in [1.29, 1.82) is 0 Å². The highest BCUT2D eigenvalue weighted by atomic mass is 16.3. The number of fused-ring (bicyclic) bond motifs is 1. The zero-order chi connectivity index (χ0) is 11.7. The summed E-state index contributed by atoms with van der Waals surface area (Å²) in [4.78, 5) is 4.53. The summed E-state index contributed by atoms with van der Waals surface area (Å²) in [5.41, 5.74) is 1.90. The maximum absolute atomic E-state index is 10.8. The predicted molar refractivity (Wildman–Crippen MR) is 67.0 cm³/mol. The number of hydrogen-bond donors (Lipinski definition) is 2. The van der Waals surface area contributed by atoms with Crippen molar-refractivity contribution in [3.05, 3.63) is 29.6 Å². The summed E-state index contributed by atoms with van der Waals surface area (Å²) in [5.74, 6) is 0.222. The molecule has 1 fully saturated rings. The van der Waals surface area contributed by atoms with Crippen molar-refractivity contribution in [1.82, 2.24) is 10.3 Å². The van der Waals surface area contributed by atoms with Gasteiger partial charge in [0.1, 0.15) is 0 Å². The van der Waals surface area contributed by atoms with Crippen molar-refractivity contribution in [2.45, 2.75) is 43.6 Å². The van der Waals surface area contributed by atoms with Crippen LogP contribution in [0.1, 0.15) is 42.9 Å². The number of aromatic nitrogens is 1. The van der Waals surface area contributed by atoms with Crippen molar-refractivity contribution in [2.75, 3.05) is 13.1 Å². The van der Waals surface area contributed by atoms with Gasteiger partial charge in [-0.1, -0.05) is 6.07 Å². The molecule has 0 saturated carbocycles. The lowest BCUT2D eigenvalue weighted by Gasteiger charge is -2.41. The van der Waals surface area contributed by atoms with E-state index < -0.39 is 5.60 Å². The zero-order valence-corrected chi connectivity index (χ0v) is 10.2. The van der Waals surface area contributed by atoms with Gasteiger partial charge in [-0.3, -0.25) is 4.98 Å². The molecule has 17 heavy (non-hydrogen) atoms. The molecule has 2 heterocycles. The van der Waals surface area contributed by atoms with Gasteiger partial charge in [-0.05, 0) is 50.3 Å². The third-order valence-corrected chi connectivity index (χ3v) is 4.24. The molecule has 1 aliphatic heterocycles. The number of nitrogens with zero attached hydrogens (tertiary/aromatic N) is 1. The monoisotopic (exact) mass is 232 g/mol. The summed E-state index contributed by atoms with van der Waals surface area (Å²) < 4.78 is 0. The number of nitrogens with one attached hydrogen (secondary N) is 1. The molecule has 3 nitrogen and oxygen atoms in total. The number of β-amino-alcohol motifs (C(OH)–C–C–N with tert-alkyl or cyclic N) is 1. The van der Waals surface area contributed by atoms with E-state index >= 15 is 0 Å². The lowest BCUT2D eigenvalue weighted by atomic mass is 9.72. The lowest BCUT2D eigenvalue weighted by molar-refractivity contribution is -0.0157. The Hall–Kier alpha value is -0.930. The molecule has 2 unspecified atom stereocenters. The maximum Gasteiger partial charge on any atom is 0.0855 e. The van der Waals surface area contributed by atoms with E-state index in [4.69, 9.17) is 0 Å². The summed E-state index contributed by atoms with van der Waals surface area (Å²) in [6.07, 6.45) is 7.18. The van der Waals surface area contributed by atoms with E-state index in [1.54, 1.807) is 0 Å². The van der Waals surface area contributed by atoms with Gasteiger partial charge in [0.2, 0.25) is 0 Å². The lowest BCUT2D eigenvalue weighted by Crippen LogP contribution is -2.50. The van der Waals surface area contributed by atoms with E-state index in [-0.39, 0.29) is 5.92 Å². The first kappa shape index (κ1) is 11.2. The van der Waals surface area contributed by atoms with Crippen LogP contribution in [-0.2, 0) is 6.42 Å². The minimum absolute atomic E-state index is 0.222. The van der Waals surface area contributed by atoms with E-state index in [1.807, 2.05) is 12.3 Å². The molecule has 2 atom stereocenters. The molecule has 1 aromatic rings. The Balaban J connectivity index is 1.94. The van der Waals surface area contributed by atoms with Crippen molar-refractivity contribution in [2.24, 2.45) is 0 Å². The molecule has 0 bridgehead atoms. The first-order valence-electron chi connectivity index (χ1n) is 6.66. The second-order valence-electron chi connectivity index (χ2n) is 5.38. The summed E-state index contributed by atoms with van der Waals surface area (Å²) in [5, 5.41) is 14.2. The van der Waals surface area contributed by atoms with Gasteiger partial charge in [-0.25, -0.2) is 0 Å². The van der Waals surface area contributed by atoms with E-state index in [0.717, 1.165) is 37.9 Å². The van der Waals surface area contributed by atoms with Crippen molar-refractivity contribution in [3.8, 4) is 0 Å². The molecule has 1 aromatic heterocycles. The van der Waals surface area contributed by atoms with Crippen LogP contribution in [0.2, 0.25) is 0 Å². The number of pyridine rings is 1. The van der Waals surface area contributed by atoms with E-state index in [9.17, 15) is 5.11 Å². The average Bonchev–Trinajstić information content (AvgIpc) is 2.39. The largest absolute Gasteiger partial charge is 0.388 e. The van der Waals surface area contributed by atoms with Gasteiger partial charge in [0.05, 0.1) is 5.60 Å². The fourth-order valence-corrected chi connectivity index (χ4v) is 3.34. The number of hydrogen-bond acceptors (Lipinski definition) is 3. The maximum atomic E-state index is 10.8. The minimum atomic E-state index is -0.582. The number of rotatable bonds is 1. The van der Waals surface area contributed by atoms with Crippen LogP contribution < -0.4 is 5.32 Å². The molecule has 0 aromatic carbocycles. The number of aliphatic hydroxyl groups is 1. The molecule has 2 aliphatic rings. The van der Waals surface area contributed by atoms with Crippen LogP contribution in [0.4, 0.5) is 0 Å². The van der Waals surface area contributed by atoms with Gasteiger partial charge < -0.3 is 10.4 Å². The number of aryl methyl sites for hydroxylation is 1. The molecular formula is C14H20N2O. The highest BCUT2D eigenvalue weighted by molar-refractivity contribution is 5.29. The van der Waals surface area contributed by atoms with Gasteiger partial charge in [-0.2, -0.15) is 0 Å². The fourth-order valence-electron chi connectivity index (χ4n) is 3.34. The van der Waals surface area contributed by atoms with Crippen LogP contribution >= 0.6 is 0 Å². The molecule has 0 amide bonds. The van der Waals surface area contributed by atoms with Crippen LogP contribution in [0.3, 0.4) is 0 Å². The Morgan fingerprint density at radius 2 is 2.35 bits per heavy atom. The highest BCUT2D eigenvalue weighted by Crippen LogP contribution is 2.40. The molecule has 1 saturated heterocycles. The summed E-state index contributed by atoms with van der Waals surface area (Å²) in [6.45, 7) is 1.75. The van der Waals surface area contributed by atoms with Crippen LogP contribution in [0.15, 0.2) is 18.3 Å². The van der Waals surface area contributed by atoms with Crippen LogP contribution in [0, 0.1) is 0 Å². The normalized spacial score (nSPS) is 33.1. The Labute approximate surface area is 102 Å². The predicted octanol–water partition coefficient (Wildman–Crippen LogP) is 1.62. The Bertz CT molecular complexity index is 399. The average molecular weight is 232 g/mol. The van der Waals surface area contributed by atoms with Gasteiger partial charge in [0, 0.05) is 24.4 Å². The van der Waals surface area contributed by atoms with Crippen molar-refractivity contribution < 1.29 is 5.11 Å². The second-order valence-corrected chi connectivity index (χ2v) is 5.38. The Kier molecular flexibility index (Phi) is 2.89. The molecular weight excluding hydrogens is 212 g/mol. The van der Waals surface area contributed by atoms with Crippen LogP contribution in [-0.4, -0.2) is 28.8 Å². The van der Waals surface area contributed by atoms with Crippen LogP contribution in [0.25, 0.3) is 0 Å². The Morgan fingerprint density at radius 1 is 1.41 bits per heavy atom. The standard InChI is InChI=1S/C14H20N2O/c17-14(7-3-8-15-10-14)12-6-1-4-11-5-2-9-16-13(11)12/h2,5,9,12,15,17H,1,3-4,6-8,10H2. The molecule has 2 N–H and O–H groups in total. The molecule has 3 heteroatoms. The van der Waals surface area contributed by atoms with Gasteiger partial charge in [-0.15, -0.1) is 0 Å². The summed E-state index contributed by atoms with van der Waals surface area (Å²) >= 11 is 0. The molecule has 1 aliphatic carbocycles. The van der Waals surface area contributed by atoms with Crippen molar-refractivity contribution in [3.63, 3.8) is 0 Å².